The van der Waals surface area contributed by atoms with E-state index in [9.17, 15) is 4.21 Å². The first-order valence-electron chi connectivity index (χ1n) is 7.30. The van der Waals surface area contributed by atoms with Gasteiger partial charge in [-0.05, 0) is 18.1 Å². The number of hydrogen-bond donors (Lipinski definition) is 1. The van der Waals surface area contributed by atoms with Gasteiger partial charge in [0.15, 0.2) is 0 Å². The lowest BCUT2D eigenvalue weighted by Crippen LogP contribution is -2.34. The Labute approximate surface area is 130 Å². The summed E-state index contributed by atoms with van der Waals surface area (Å²) in [6, 6.07) is 21.3. The first kappa shape index (κ1) is 15.9. The molecule has 0 bridgehead atoms. The molecule has 2 unspecified atom stereocenters. The van der Waals surface area contributed by atoms with Crippen LogP contribution in [0.5, 0.6) is 0 Å². The monoisotopic (exact) mass is 301 g/mol. The van der Waals surface area contributed by atoms with E-state index in [-0.39, 0.29) is 6.04 Å². The van der Waals surface area contributed by atoms with Crippen LogP contribution in [-0.4, -0.2) is 28.8 Å². The molecule has 0 fully saturated rings. The van der Waals surface area contributed by atoms with Crippen LogP contribution >= 0.6 is 0 Å². The van der Waals surface area contributed by atoms with Crippen molar-refractivity contribution in [3.63, 3.8) is 0 Å². The predicted octanol–water partition coefficient (Wildman–Crippen LogP) is 3.18. The van der Waals surface area contributed by atoms with Crippen molar-refractivity contribution in [3.8, 4) is 0 Å². The highest BCUT2D eigenvalue weighted by molar-refractivity contribution is 7.84. The van der Waals surface area contributed by atoms with Crippen LogP contribution in [0.4, 0.5) is 0 Å². The molecule has 112 valence electrons. The molecule has 2 atom stereocenters. The summed E-state index contributed by atoms with van der Waals surface area (Å²) in [6.45, 7) is 2.95. The zero-order valence-electron chi connectivity index (χ0n) is 12.7. The third-order valence-electron chi connectivity index (χ3n) is 3.56. The van der Waals surface area contributed by atoms with E-state index in [0.29, 0.717) is 11.7 Å². The van der Waals surface area contributed by atoms with Gasteiger partial charge in [-0.25, -0.2) is 0 Å². The van der Waals surface area contributed by atoms with Gasteiger partial charge < -0.3 is 5.32 Å². The number of benzene rings is 2. The van der Waals surface area contributed by atoms with E-state index in [0.717, 1.165) is 6.54 Å². The van der Waals surface area contributed by atoms with Crippen LogP contribution in [0.1, 0.15) is 24.0 Å². The van der Waals surface area contributed by atoms with Crippen LogP contribution in [0.3, 0.4) is 0 Å². The van der Waals surface area contributed by atoms with E-state index in [1.807, 2.05) is 12.1 Å². The highest BCUT2D eigenvalue weighted by atomic mass is 32.2. The quantitative estimate of drug-likeness (QED) is 0.851. The van der Waals surface area contributed by atoms with Crippen molar-refractivity contribution in [2.45, 2.75) is 18.9 Å². The fourth-order valence-electron chi connectivity index (χ4n) is 2.53. The van der Waals surface area contributed by atoms with Gasteiger partial charge in [-0.2, -0.15) is 0 Å². The van der Waals surface area contributed by atoms with E-state index in [1.165, 1.54) is 11.1 Å². The van der Waals surface area contributed by atoms with Crippen molar-refractivity contribution in [1.29, 1.82) is 0 Å². The largest absolute Gasteiger partial charge is 0.312 e. The average Bonchev–Trinajstić information content (AvgIpc) is 2.49. The Hall–Kier alpha value is -1.45. The second kappa shape index (κ2) is 8.11. The molecule has 3 heteroatoms. The summed E-state index contributed by atoms with van der Waals surface area (Å²) in [7, 11) is -0.762. The van der Waals surface area contributed by atoms with Crippen molar-refractivity contribution < 1.29 is 4.21 Å². The molecule has 0 radical (unpaired) electrons. The van der Waals surface area contributed by atoms with Crippen LogP contribution in [0.25, 0.3) is 0 Å². The molecule has 0 saturated heterocycles. The Bertz CT molecular complexity index is 516. The van der Waals surface area contributed by atoms with Gasteiger partial charge in [0, 0.05) is 41.3 Å². The van der Waals surface area contributed by atoms with E-state index in [1.54, 1.807) is 6.26 Å². The molecule has 0 saturated carbocycles. The molecule has 0 aliphatic carbocycles. The van der Waals surface area contributed by atoms with Crippen LogP contribution in [-0.2, 0) is 10.8 Å². The first-order valence-corrected chi connectivity index (χ1v) is 9.03. The molecule has 2 nitrogen and oxygen atoms in total. The van der Waals surface area contributed by atoms with E-state index >= 15 is 0 Å². The molecule has 0 aromatic heterocycles. The zero-order valence-corrected chi connectivity index (χ0v) is 13.5. The molecular formula is C18H23NOS. The zero-order chi connectivity index (χ0) is 15.1. The predicted molar refractivity (Wildman–Crippen MR) is 91.1 cm³/mol. The fourth-order valence-corrected chi connectivity index (χ4v) is 3.35. The fraction of sp³-hybridized carbons (Fsp3) is 0.333. The van der Waals surface area contributed by atoms with Gasteiger partial charge in [-0.15, -0.1) is 0 Å². The Morgan fingerprint density at radius 1 is 0.952 bits per heavy atom. The van der Waals surface area contributed by atoms with Gasteiger partial charge in [-0.1, -0.05) is 60.7 Å². The number of hydrogen-bond acceptors (Lipinski definition) is 2. The maximum Gasteiger partial charge on any atom is 0.0383 e. The Morgan fingerprint density at radius 3 is 1.86 bits per heavy atom. The molecule has 0 aliphatic rings. The van der Waals surface area contributed by atoms with Crippen molar-refractivity contribution in [2.75, 3.05) is 18.6 Å². The molecule has 2 aromatic carbocycles. The van der Waals surface area contributed by atoms with Crippen LogP contribution in [0.15, 0.2) is 60.7 Å². The molecular weight excluding hydrogens is 278 g/mol. The van der Waals surface area contributed by atoms with Gasteiger partial charge in [-0.3, -0.25) is 4.21 Å². The van der Waals surface area contributed by atoms with Crippen molar-refractivity contribution in [3.05, 3.63) is 71.8 Å². The highest BCUT2D eigenvalue weighted by Crippen LogP contribution is 2.23. The molecule has 1 N–H and O–H groups in total. The summed E-state index contributed by atoms with van der Waals surface area (Å²) < 4.78 is 11.3. The Balaban J connectivity index is 2.12. The summed E-state index contributed by atoms with van der Waals surface area (Å²) in [5.41, 5.74) is 2.61. The van der Waals surface area contributed by atoms with Gasteiger partial charge in [0.2, 0.25) is 0 Å². The number of nitrogens with one attached hydrogen (secondary N) is 1. The van der Waals surface area contributed by atoms with Crippen LogP contribution in [0.2, 0.25) is 0 Å². The minimum absolute atomic E-state index is 0.255. The van der Waals surface area contributed by atoms with Crippen molar-refractivity contribution >= 4 is 10.8 Å². The van der Waals surface area contributed by atoms with E-state index < -0.39 is 10.8 Å². The summed E-state index contributed by atoms with van der Waals surface area (Å²) in [5.74, 6) is 1.01. The second-order valence-electron chi connectivity index (χ2n) is 5.42. The smallest absolute Gasteiger partial charge is 0.0383 e. The average molecular weight is 301 g/mol. The van der Waals surface area contributed by atoms with Gasteiger partial charge >= 0.3 is 0 Å². The Morgan fingerprint density at radius 2 is 1.43 bits per heavy atom. The molecule has 2 rings (SSSR count). The summed E-state index contributed by atoms with van der Waals surface area (Å²) >= 11 is 0. The normalized spacial score (nSPS) is 14.0. The minimum atomic E-state index is -0.762. The van der Waals surface area contributed by atoms with E-state index in [4.69, 9.17) is 0 Å². The van der Waals surface area contributed by atoms with Crippen molar-refractivity contribution in [2.24, 2.45) is 0 Å². The second-order valence-corrected chi connectivity index (χ2v) is 6.90. The molecule has 0 aliphatic heterocycles. The third kappa shape index (κ3) is 5.10. The van der Waals surface area contributed by atoms with Gasteiger partial charge in [0.05, 0.1) is 0 Å². The Kier molecular flexibility index (Phi) is 6.15. The maximum absolute atomic E-state index is 11.3. The molecule has 0 heterocycles. The summed E-state index contributed by atoms with van der Waals surface area (Å²) in [6.07, 6.45) is 1.75. The third-order valence-corrected chi connectivity index (χ3v) is 4.53. The van der Waals surface area contributed by atoms with Gasteiger partial charge in [0.1, 0.15) is 0 Å². The summed E-state index contributed by atoms with van der Waals surface area (Å²) in [5, 5.41) is 3.52. The topological polar surface area (TPSA) is 29.1 Å². The first-order chi connectivity index (χ1) is 10.2. The lowest BCUT2D eigenvalue weighted by atomic mass is 9.91. The molecule has 0 amide bonds. The number of rotatable bonds is 7. The van der Waals surface area contributed by atoms with Gasteiger partial charge in [0.25, 0.3) is 0 Å². The molecule has 2 aromatic rings. The standard InChI is InChI=1S/C18H23NOS/c1-15(14-21(2)20)19-13-18(16-9-5-3-6-10-16)17-11-7-4-8-12-17/h3-12,15,18-19H,13-14H2,1-2H3. The SMILES string of the molecule is CC(CS(C)=O)NCC(c1ccccc1)c1ccccc1. The summed E-state index contributed by atoms with van der Waals surface area (Å²) in [4.78, 5) is 0. The molecule has 0 spiro atoms. The highest BCUT2D eigenvalue weighted by Gasteiger charge is 2.15. The maximum atomic E-state index is 11.3. The molecule has 21 heavy (non-hydrogen) atoms. The van der Waals surface area contributed by atoms with Crippen LogP contribution in [0, 0.1) is 0 Å². The van der Waals surface area contributed by atoms with E-state index in [2.05, 4.69) is 60.8 Å². The lowest BCUT2D eigenvalue weighted by molar-refractivity contribution is 0.561. The van der Waals surface area contributed by atoms with Crippen LogP contribution < -0.4 is 5.32 Å². The minimum Gasteiger partial charge on any atom is -0.312 e. The lowest BCUT2D eigenvalue weighted by Gasteiger charge is -2.21. The van der Waals surface area contributed by atoms with Crippen molar-refractivity contribution in [1.82, 2.24) is 5.32 Å².